The van der Waals surface area contributed by atoms with E-state index in [4.69, 9.17) is 4.74 Å². The van der Waals surface area contributed by atoms with E-state index in [-0.39, 0.29) is 18.6 Å². The Balaban J connectivity index is 1.45. The van der Waals surface area contributed by atoms with Gasteiger partial charge in [0, 0.05) is 32.7 Å². The molecule has 0 N–H and O–H groups in total. The molecule has 4 nitrogen and oxygen atoms in total. The highest BCUT2D eigenvalue weighted by Gasteiger charge is 2.30. The Hall–Kier alpha value is -1.60. The molecule has 1 aromatic carbocycles. The maximum atomic E-state index is 12.7. The first-order valence-electron chi connectivity index (χ1n) is 9.70. The Morgan fingerprint density at radius 3 is 2.37 bits per heavy atom. The van der Waals surface area contributed by atoms with Gasteiger partial charge >= 0.3 is 6.18 Å². The summed E-state index contributed by atoms with van der Waals surface area (Å²) in [6, 6.07) is 5.32. The van der Waals surface area contributed by atoms with Crippen LogP contribution in [0.5, 0.6) is 0 Å². The summed E-state index contributed by atoms with van der Waals surface area (Å²) in [6.07, 6.45) is 1.25. The van der Waals surface area contributed by atoms with Gasteiger partial charge in [-0.1, -0.05) is 25.0 Å². The molecule has 0 radical (unpaired) electrons. The minimum absolute atomic E-state index is 0.0401. The van der Waals surface area contributed by atoms with Crippen molar-refractivity contribution >= 4 is 5.91 Å². The topological polar surface area (TPSA) is 32.8 Å². The number of hydrogen-bond acceptors (Lipinski definition) is 3. The number of amides is 1. The predicted molar refractivity (Wildman–Crippen MR) is 96.1 cm³/mol. The van der Waals surface area contributed by atoms with Crippen molar-refractivity contribution in [3.63, 3.8) is 0 Å². The van der Waals surface area contributed by atoms with Crippen LogP contribution in [0.25, 0.3) is 0 Å². The normalized spacial score (nSPS) is 20.0. The molecule has 2 aliphatic rings. The summed E-state index contributed by atoms with van der Waals surface area (Å²) < 4.78 is 43.7. The number of alkyl halides is 3. The van der Waals surface area contributed by atoms with Crippen molar-refractivity contribution in [1.29, 1.82) is 0 Å². The summed E-state index contributed by atoms with van der Waals surface area (Å²) in [4.78, 5) is 16.4. The van der Waals surface area contributed by atoms with Crippen LogP contribution in [0.3, 0.4) is 0 Å². The Bertz CT molecular complexity index is 613. The SMILES string of the molecule is O=C(COC1CCCC1)N1CCCN(Cc2ccc(C(F)(F)F)cc2)CC1. The second-order valence-electron chi connectivity index (χ2n) is 7.42. The van der Waals surface area contributed by atoms with Crippen LogP contribution < -0.4 is 0 Å². The molecule has 1 aromatic rings. The highest BCUT2D eigenvalue weighted by Crippen LogP contribution is 2.29. The molecule has 1 saturated carbocycles. The van der Waals surface area contributed by atoms with Crippen molar-refractivity contribution in [2.45, 2.75) is 50.9 Å². The molecule has 3 rings (SSSR count). The van der Waals surface area contributed by atoms with Crippen LogP contribution in [0.4, 0.5) is 13.2 Å². The monoisotopic (exact) mass is 384 g/mol. The van der Waals surface area contributed by atoms with Gasteiger partial charge in [0.2, 0.25) is 5.91 Å². The summed E-state index contributed by atoms with van der Waals surface area (Å²) >= 11 is 0. The third-order valence-electron chi connectivity index (χ3n) is 5.37. The zero-order valence-electron chi connectivity index (χ0n) is 15.5. The van der Waals surface area contributed by atoms with E-state index in [1.165, 1.54) is 25.0 Å². The maximum absolute atomic E-state index is 12.7. The highest BCUT2D eigenvalue weighted by molar-refractivity contribution is 5.77. The Morgan fingerprint density at radius 1 is 1.00 bits per heavy atom. The van der Waals surface area contributed by atoms with E-state index < -0.39 is 11.7 Å². The van der Waals surface area contributed by atoms with E-state index in [0.717, 1.165) is 50.0 Å². The maximum Gasteiger partial charge on any atom is 0.416 e. The van der Waals surface area contributed by atoms with E-state index in [1.54, 1.807) is 0 Å². The van der Waals surface area contributed by atoms with E-state index in [9.17, 15) is 18.0 Å². The Labute approximate surface area is 158 Å². The van der Waals surface area contributed by atoms with Gasteiger partial charge in [-0.25, -0.2) is 0 Å². The van der Waals surface area contributed by atoms with Crippen molar-refractivity contribution in [1.82, 2.24) is 9.80 Å². The standard InChI is InChI=1S/C20H27F3N2O2/c21-20(22,23)17-8-6-16(7-9-17)14-24-10-3-11-25(13-12-24)19(26)15-27-18-4-1-2-5-18/h6-9,18H,1-5,10-15H2. The molecule has 1 heterocycles. The van der Waals surface area contributed by atoms with E-state index >= 15 is 0 Å². The van der Waals surface area contributed by atoms with E-state index in [1.807, 2.05) is 4.90 Å². The van der Waals surface area contributed by atoms with Crippen molar-refractivity contribution in [3.05, 3.63) is 35.4 Å². The lowest BCUT2D eigenvalue weighted by Crippen LogP contribution is -2.38. The number of ether oxygens (including phenoxy) is 1. The lowest BCUT2D eigenvalue weighted by atomic mass is 10.1. The van der Waals surface area contributed by atoms with Crippen LogP contribution in [0.2, 0.25) is 0 Å². The Morgan fingerprint density at radius 2 is 1.70 bits per heavy atom. The average molecular weight is 384 g/mol. The van der Waals surface area contributed by atoms with E-state index in [0.29, 0.717) is 19.6 Å². The minimum Gasteiger partial charge on any atom is -0.368 e. The third-order valence-corrected chi connectivity index (χ3v) is 5.37. The third kappa shape index (κ3) is 5.94. The molecule has 7 heteroatoms. The largest absolute Gasteiger partial charge is 0.416 e. The number of benzene rings is 1. The first-order valence-corrected chi connectivity index (χ1v) is 9.70. The molecule has 1 amide bonds. The molecule has 2 fully saturated rings. The lowest BCUT2D eigenvalue weighted by Gasteiger charge is -2.23. The van der Waals surface area contributed by atoms with Crippen molar-refractivity contribution in [3.8, 4) is 0 Å². The number of halogens is 3. The van der Waals surface area contributed by atoms with Crippen LogP contribution in [0.15, 0.2) is 24.3 Å². The van der Waals surface area contributed by atoms with Crippen LogP contribution in [0, 0.1) is 0 Å². The summed E-state index contributed by atoms with van der Waals surface area (Å²) in [6.45, 7) is 3.64. The second-order valence-corrected chi connectivity index (χ2v) is 7.42. The minimum atomic E-state index is -4.30. The number of hydrogen-bond donors (Lipinski definition) is 0. The molecule has 0 spiro atoms. The molecule has 1 aliphatic heterocycles. The van der Waals surface area contributed by atoms with Crippen molar-refractivity contribution in [2.24, 2.45) is 0 Å². The number of carbonyl (C=O) groups excluding carboxylic acids is 1. The van der Waals surface area contributed by atoms with Gasteiger partial charge in [0.1, 0.15) is 6.61 Å². The van der Waals surface area contributed by atoms with Crippen LogP contribution in [-0.4, -0.2) is 54.6 Å². The first kappa shape index (κ1) is 20.1. The predicted octanol–water partition coefficient (Wildman–Crippen LogP) is 3.70. The number of nitrogens with zero attached hydrogens (tertiary/aromatic N) is 2. The molecule has 0 unspecified atom stereocenters. The highest BCUT2D eigenvalue weighted by atomic mass is 19.4. The summed E-state index contributed by atoms with van der Waals surface area (Å²) in [5.41, 5.74) is 0.230. The molecule has 0 aromatic heterocycles. The fourth-order valence-corrected chi connectivity index (χ4v) is 3.77. The number of carbonyl (C=O) groups is 1. The van der Waals surface area contributed by atoms with Gasteiger partial charge in [0.05, 0.1) is 11.7 Å². The van der Waals surface area contributed by atoms with Crippen LogP contribution >= 0.6 is 0 Å². The molecular weight excluding hydrogens is 357 g/mol. The van der Waals surface area contributed by atoms with Gasteiger partial charge in [0.25, 0.3) is 0 Å². The second kappa shape index (κ2) is 9.06. The summed E-state index contributed by atoms with van der Waals surface area (Å²) in [7, 11) is 0. The Kier molecular flexibility index (Phi) is 6.76. The number of rotatable bonds is 5. The fraction of sp³-hybridized carbons (Fsp3) is 0.650. The quantitative estimate of drug-likeness (QED) is 0.776. The molecule has 0 atom stereocenters. The molecule has 27 heavy (non-hydrogen) atoms. The zero-order valence-corrected chi connectivity index (χ0v) is 15.5. The van der Waals surface area contributed by atoms with Gasteiger partial charge in [-0.2, -0.15) is 13.2 Å². The van der Waals surface area contributed by atoms with Gasteiger partial charge in [-0.05, 0) is 37.0 Å². The van der Waals surface area contributed by atoms with Crippen LogP contribution in [-0.2, 0) is 22.3 Å². The van der Waals surface area contributed by atoms with Gasteiger partial charge in [-0.15, -0.1) is 0 Å². The fourth-order valence-electron chi connectivity index (χ4n) is 3.77. The molecule has 1 saturated heterocycles. The van der Waals surface area contributed by atoms with Gasteiger partial charge < -0.3 is 9.64 Å². The van der Waals surface area contributed by atoms with Gasteiger partial charge in [0.15, 0.2) is 0 Å². The van der Waals surface area contributed by atoms with Crippen molar-refractivity contribution in [2.75, 3.05) is 32.8 Å². The zero-order chi connectivity index (χ0) is 19.3. The van der Waals surface area contributed by atoms with Gasteiger partial charge in [-0.3, -0.25) is 9.69 Å². The first-order chi connectivity index (χ1) is 12.9. The van der Waals surface area contributed by atoms with E-state index in [2.05, 4.69) is 4.90 Å². The average Bonchev–Trinajstić information content (AvgIpc) is 3.05. The molecule has 150 valence electrons. The lowest BCUT2D eigenvalue weighted by molar-refractivity contribution is -0.138. The molecular formula is C20H27F3N2O2. The smallest absolute Gasteiger partial charge is 0.368 e. The van der Waals surface area contributed by atoms with Crippen molar-refractivity contribution < 1.29 is 22.7 Å². The molecule has 1 aliphatic carbocycles. The van der Waals surface area contributed by atoms with Crippen LogP contribution in [0.1, 0.15) is 43.2 Å². The summed E-state index contributed by atoms with van der Waals surface area (Å²) in [5.74, 6) is 0.0401. The molecule has 0 bridgehead atoms. The summed E-state index contributed by atoms with van der Waals surface area (Å²) in [5, 5.41) is 0.